The summed E-state index contributed by atoms with van der Waals surface area (Å²) in [5, 5.41) is 0. The molecular weight excluding hydrogens is 292 g/mol. The fourth-order valence-electron chi connectivity index (χ4n) is 2.27. The largest absolute Gasteiger partial charge is 0.494 e. The lowest BCUT2D eigenvalue weighted by molar-refractivity contribution is -0.129. The van der Waals surface area contributed by atoms with Gasteiger partial charge in [0.1, 0.15) is 5.75 Å². The second-order valence-electron chi connectivity index (χ2n) is 4.81. The lowest BCUT2D eigenvalue weighted by Crippen LogP contribution is -2.49. The highest BCUT2D eigenvalue weighted by atomic mass is 32.2. The Kier molecular flexibility index (Phi) is 4.84. The average molecular weight is 312 g/mol. The van der Waals surface area contributed by atoms with E-state index in [0.717, 1.165) is 0 Å². The first kappa shape index (κ1) is 15.8. The van der Waals surface area contributed by atoms with Crippen LogP contribution in [0.2, 0.25) is 0 Å². The first-order valence-electron chi connectivity index (χ1n) is 6.93. The lowest BCUT2D eigenvalue weighted by Gasteiger charge is -2.33. The standard InChI is InChI=1S/C14H20N2O4S/c1-3-20-13-4-6-14(7-5-13)21(18,19)16-10-8-15(9-11-16)12(2)17/h4-7H,3,8-11H2,1-2H3. The number of piperazine rings is 1. The summed E-state index contributed by atoms with van der Waals surface area (Å²) in [5.74, 6) is 0.631. The van der Waals surface area contributed by atoms with Gasteiger partial charge in [0, 0.05) is 33.1 Å². The third-order valence-corrected chi connectivity index (χ3v) is 5.37. The van der Waals surface area contributed by atoms with Crippen LogP contribution < -0.4 is 4.74 Å². The number of hydrogen-bond donors (Lipinski definition) is 0. The van der Waals surface area contributed by atoms with Crippen molar-refractivity contribution in [3.8, 4) is 5.75 Å². The van der Waals surface area contributed by atoms with E-state index in [9.17, 15) is 13.2 Å². The van der Waals surface area contributed by atoms with E-state index < -0.39 is 10.0 Å². The van der Waals surface area contributed by atoms with Crippen molar-refractivity contribution in [2.75, 3.05) is 32.8 Å². The Morgan fingerprint density at radius 2 is 1.71 bits per heavy atom. The topological polar surface area (TPSA) is 66.9 Å². The monoisotopic (exact) mass is 312 g/mol. The molecule has 6 nitrogen and oxygen atoms in total. The molecule has 1 aromatic rings. The zero-order chi connectivity index (χ0) is 15.5. The van der Waals surface area contributed by atoms with E-state index in [1.165, 1.54) is 11.2 Å². The molecular formula is C14H20N2O4S. The molecule has 0 unspecified atom stereocenters. The molecule has 0 bridgehead atoms. The third kappa shape index (κ3) is 3.54. The van der Waals surface area contributed by atoms with Crippen molar-refractivity contribution in [1.82, 2.24) is 9.21 Å². The van der Waals surface area contributed by atoms with Crippen molar-refractivity contribution in [1.29, 1.82) is 0 Å². The number of amides is 1. The van der Waals surface area contributed by atoms with Gasteiger partial charge in [0.05, 0.1) is 11.5 Å². The van der Waals surface area contributed by atoms with Crippen LogP contribution in [0.15, 0.2) is 29.2 Å². The van der Waals surface area contributed by atoms with Crippen LogP contribution in [0.25, 0.3) is 0 Å². The molecule has 0 spiro atoms. The van der Waals surface area contributed by atoms with Crippen LogP contribution in [-0.2, 0) is 14.8 Å². The van der Waals surface area contributed by atoms with Crippen LogP contribution in [-0.4, -0.2) is 56.3 Å². The molecule has 7 heteroatoms. The maximum Gasteiger partial charge on any atom is 0.243 e. The Bertz CT molecular complexity index is 590. The van der Waals surface area contributed by atoms with Gasteiger partial charge < -0.3 is 9.64 Å². The molecule has 0 N–H and O–H groups in total. The summed E-state index contributed by atoms with van der Waals surface area (Å²) in [5.41, 5.74) is 0. The summed E-state index contributed by atoms with van der Waals surface area (Å²) in [7, 11) is -3.50. The SMILES string of the molecule is CCOc1ccc(S(=O)(=O)N2CCN(C(C)=O)CC2)cc1. The van der Waals surface area contributed by atoms with Gasteiger partial charge in [-0.05, 0) is 31.2 Å². The first-order valence-corrected chi connectivity index (χ1v) is 8.37. The molecule has 1 aromatic carbocycles. The van der Waals surface area contributed by atoms with Crippen LogP contribution in [0.3, 0.4) is 0 Å². The van der Waals surface area contributed by atoms with Gasteiger partial charge in [-0.2, -0.15) is 4.31 Å². The van der Waals surface area contributed by atoms with Crippen LogP contribution in [0.5, 0.6) is 5.75 Å². The summed E-state index contributed by atoms with van der Waals surface area (Å²) in [4.78, 5) is 13.2. The minimum absolute atomic E-state index is 0.0203. The molecule has 1 amide bonds. The molecule has 0 atom stereocenters. The van der Waals surface area contributed by atoms with Crippen molar-refractivity contribution in [3.63, 3.8) is 0 Å². The van der Waals surface area contributed by atoms with Crippen molar-refractivity contribution in [2.24, 2.45) is 0 Å². The molecule has 0 aliphatic carbocycles. The molecule has 2 rings (SSSR count). The second kappa shape index (κ2) is 6.44. The highest BCUT2D eigenvalue weighted by molar-refractivity contribution is 7.89. The number of carbonyl (C=O) groups is 1. The molecule has 1 aliphatic rings. The summed E-state index contributed by atoms with van der Waals surface area (Å²) in [6.45, 7) is 5.44. The number of benzene rings is 1. The van der Waals surface area contributed by atoms with E-state index in [2.05, 4.69) is 0 Å². The van der Waals surface area contributed by atoms with Gasteiger partial charge in [0.25, 0.3) is 0 Å². The molecule has 0 saturated carbocycles. The maximum absolute atomic E-state index is 12.5. The van der Waals surface area contributed by atoms with Gasteiger partial charge in [-0.3, -0.25) is 4.79 Å². The Balaban J connectivity index is 2.10. The van der Waals surface area contributed by atoms with Crippen LogP contribution >= 0.6 is 0 Å². The van der Waals surface area contributed by atoms with Crippen molar-refractivity contribution in [2.45, 2.75) is 18.7 Å². The van der Waals surface area contributed by atoms with Crippen molar-refractivity contribution >= 4 is 15.9 Å². The van der Waals surface area contributed by atoms with Crippen LogP contribution in [0.1, 0.15) is 13.8 Å². The first-order chi connectivity index (χ1) is 9.95. The van der Waals surface area contributed by atoms with E-state index in [0.29, 0.717) is 38.5 Å². The van der Waals surface area contributed by atoms with Crippen molar-refractivity contribution < 1.29 is 17.9 Å². The van der Waals surface area contributed by atoms with E-state index in [4.69, 9.17) is 4.74 Å². The maximum atomic E-state index is 12.5. The van der Waals surface area contributed by atoms with Crippen molar-refractivity contribution in [3.05, 3.63) is 24.3 Å². The Labute approximate surface area is 125 Å². The molecule has 0 aromatic heterocycles. The minimum atomic E-state index is -3.50. The Morgan fingerprint density at radius 1 is 1.14 bits per heavy atom. The van der Waals surface area contributed by atoms with Gasteiger partial charge in [0.15, 0.2) is 0 Å². The van der Waals surface area contributed by atoms with Gasteiger partial charge in [-0.15, -0.1) is 0 Å². The highest BCUT2D eigenvalue weighted by Gasteiger charge is 2.29. The summed E-state index contributed by atoms with van der Waals surface area (Å²) in [6.07, 6.45) is 0. The number of hydrogen-bond acceptors (Lipinski definition) is 4. The van der Waals surface area contributed by atoms with E-state index in [1.54, 1.807) is 29.2 Å². The molecule has 1 fully saturated rings. The predicted octanol–water partition coefficient (Wildman–Crippen LogP) is 0.938. The highest BCUT2D eigenvalue weighted by Crippen LogP contribution is 2.20. The van der Waals surface area contributed by atoms with Gasteiger partial charge in [0.2, 0.25) is 15.9 Å². The molecule has 116 valence electrons. The molecule has 1 saturated heterocycles. The van der Waals surface area contributed by atoms with E-state index in [-0.39, 0.29) is 10.8 Å². The zero-order valence-corrected chi connectivity index (χ0v) is 13.1. The Morgan fingerprint density at radius 3 is 2.19 bits per heavy atom. The number of rotatable bonds is 4. The number of ether oxygens (including phenoxy) is 1. The zero-order valence-electron chi connectivity index (χ0n) is 12.3. The van der Waals surface area contributed by atoms with Gasteiger partial charge in [-0.25, -0.2) is 8.42 Å². The summed E-state index contributed by atoms with van der Waals surface area (Å²) >= 11 is 0. The van der Waals surface area contributed by atoms with Gasteiger partial charge >= 0.3 is 0 Å². The van der Waals surface area contributed by atoms with Crippen LogP contribution in [0.4, 0.5) is 0 Å². The average Bonchev–Trinajstić information content (AvgIpc) is 2.48. The second-order valence-corrected chi connectivity index (χ2v) is 6.75. The minimum Gasteiger partial charge on any atom is -0.494 e. The fraction of sp³-hybridized carbons (Fsp3) is 0.500. The third-order valence-electron chi connectivity index (χ3n) is 3.46. The van der Waals surface area contributed by atoms with E-state index in [1.807, 2.05) is 6.92 Å². The Hall–Kier alpha value is -1.60. The van der Waals surface area contributed by atoms with Crippen LogP contribution in [0, 0.1) is 0 Å². The molecule has 0 radical (unpaired) electrons. The fourth-order valence-corrected chi connectivity index (χ4v) is 3.69. The summed E-state index contributed by atoms with van der Waals surface area (Å²) in [6, 6.07) is 6.42. The lowest BCUT2D eigenvalue weighted by atomic mass is 10.3. The molecule has 1 aliphatic heterocycles. The van der Waals surface area contributed by atoms with Gasteiger partial charge in [-0.1, -0.05) is 0 Å². The normalized spacial score (nSPS) is 16.8. The number of carbonyl (C=O) groups excluding carboxylic acids is 1. The molecule has 1 heterocycles. The molecule has 21 heavy (non-hydrogen) atoms. The smallest absolute Gasteiger partial charge is 0.243 e. The number of nitrogens with zero attached hydrogens (tertiary/aromatic N) is 2. The summed E-state index contributed by atoms with van der Waals surface area (Å²) < 4.78 is 31.8. The number of sulfonamides is 1. The predicted molar refractivity (Wildman–Crippen MR) is 78.6 cm³/mol. The van der Waals surface area contributed by atoms with E-state index >= 15 is 0 Å². The quantitative estimate of drug-likeness (QED) is 0.830.